The number of rotatable bonds is 5. The summed E-state index contributed by atoms with van der Waals surface area (Å²) in [5.74, 6) is 1.71. The smallest absolute Gasteiger partial charge is 0.255 e. The Balaban J connectivity index is 1.44. The van der Waals surface area contributed by atoms with Crippen LogP contribution in [0.2, 0.25) is 0 Å². The van der Waals surface area contributed by atoms with E-state index >= 15 is 0 Å². The molecule has 5 nitrogen and oxygen atoms in total. The molecule has 25 heavy (non-hydrogen) atoms. The molecule has 1 amide bonds. The minimum Gasteiger partial charge on any atom is -0.369 e. The SMILES string of the molecule is CC1CCN(C(=O)c2ccc(NCCN3CCCCCC3)nc2)CC1. The van der Waals surface area contributed by atoms with E-state index in [9.17, 15) is 4.79 Å². The number of amides is 1. The maximum Gasteiger partial charge on any atom is 0.255 e. The molecule has 0 aromatic carbocycles. The first-order valence-corrected chi connectivity index (χ1v) is 9.94. The van der Waals surface area contributed by atoms with Gasteiger partial charge in [-0.05, 0) is 56.8 Å². The van der Waals surface area contributed by atoms with Gasteiger partial charge >= 0.3 is 0 Å². The molecule has 2 aliphatic heterocycles. The second-order valence-corrected chi connectivity index (χ2v) is 7.59. The van der Waals surface area contributed by atoms with Gasteiger partial charge in [0.15, 0.2) is 0 Å². The molecular formula is C20H32N4O. The molecule has 1 N–H and O–H groups in total. The summed E-state index contributed by atoms with van der Waals surface area (Å²) in [4.78, 5) is 21.5. The van der Waals surface area contributed by atoms with Gasteiger partial charge in [0.25, 0.3) is 5.91 Å². The highest BCUT2D eigenvalue weighted by Gasteiger charge is 2.21. The predicted octanol–water partition coefficient (Wildman–Crippen LogP) is 3.24. The zero-order valence-electron chi connectivity index (χ0n) is 15.5. The summed E-state index contributed by atoms with van der Waals surface area (Å²) < 4.78 is 0. The molecule has 0 saturated carbocycles. The molecule has 2 saturated heterocycles. The number of hydrogen-bond donors (Lipinski definition) is 1. The fraction of sp³-hybridized carbons (Fsp3) is 0.700. The molecule has 5 heteroatoms. The highest BCUT2D eigenvalue weighted by atomic mass is 16.2. The van der Waals surface area contributed by atoms with Crippen molar-refractivity contribution in [2.75, 3.05) is 44.6 Å². The second-order valence-electron chi connectivity index (χ2n) is 7.59. The zero-order valence-corrected chi connectivity index (χ0v) is 15.5. The first-order chi connectivity index (χ1) is 12.2. The summed E-state index contributed by atoms with van der Waals surface area (Å²) in [5.41, 5.74) is 0.702. The average Bonchev–Trinajstić information content (AvgIpc) is 2.91. The Kier molecular flexibility index (Phi) is 6.68. The van der Waals surface area contributed by atoms with Gasteiger partial charge in [0.2, 0.25) is 0 Å². The first kappa shape index (κ1) is 18.2. The molecule has 3 rings (SSSR count). The number of likely N-dealkylation sites (tertiary alicyclic amines) is 2. The number of hydrogen-bond acceptors (Lipinski definition) is 4. The zero-order chi connectivity index (χ0) is 17.5. The molecule has 0 atom stereocenters. The molecule has 0 aliphatic carbocycles. The quantitative estimate of drug-likeness (QED) is 0.891. The predicted molar refractivity (Wildman–Crippen MR) is 102 cm³/mol. The van der Waals surface area contributed by atoms with Crippen LogP contribution in [0.15, 0.2) is 18.3 Å². The van der Waals surface area contributed by atoms with Crippen LogP contribution in [0.3, 0.4) is 0 Å². The fourth-order valence-corrected chi connectivity index (χ4v) is 3.72. The molecule has 2 aliphatic rings. The van der Waals surface area contributed by atoms with Gasteiger partial charge in [-0.3, -0.25) is 4.79 Å². The van der Waals surface area contributed by atoms with E-state index in [0.29, 0.717) is 5.56 Å². The second kappa shape index (κ2) is 9.18. The number of piperidine rings is 1. The van der Waals surface area contributed by atoms with Gasteiger partial charge in [-0.2, -0.15) is 0 Å². The topological polar surface area (TPSA) is 48.5 Å². The Morgan fingerprint density at radius 3 is 2.48 bits per heavy atom. The number of aromatic nitrogens is 1. The molecule has 1 aromatic heterocycles. The van der Waals surface area contributed by atoms with Crippen molar-refractivity contribution in [2.45, 2.75) is 45.4 Å². The normalized spacial score (nSPS) is 20.3. The van der Waals surface area contributed by atoms with Gasteiger partial charge in [0.05, 0.1) is 5.56 Å². The third-order valence-electron chi connectivity index (χ3n) is 5.51. The highest BCUT2D eigenvalue weighted by molar-refractivity contribution is 5.94. The van der Waals surface area contributed by atoms with Crippen LogP contribution in [-0.2, 0) is 0 Å². The number of carbonyl (C=O) groups is 1. The summed E-state index contributed by atoms with van der Waals surface area (Å²) in [5, 5.41) is 3.39. The highest BCUT2D eigenvalue weighted by Crippen LogP contribution is 2.18. The molecular weight excluding hydrogens is 312 g/mol. The van der Waals surface area contributed by atoms with Gasteiger partial charge in [-0.1, -0.05) is 19.8 Å². The van der Waals surface area contributed by atoms with Crippen LogP contribution in [0.1, 0.15) is 55.8 Å². The Labute approximate surface area is 151 Å². The van der Waals surface area contributed by atoms with Gasteiger partial charge < -0.3 is 15.1 Å². The van der Waals surface area contributed by atoms with Gasteiger partial charge in [-0.25, -0.2) is 4.98 Å². The lowest BCUT2D eigenvalue weighted by molar-refractivity contribution is 0.0697. The number of pyridine rings is 1. The van der Waals surface area contributed by atoms with Crippen molar-refractivity contribution in [1.82, 2.24) is 14.8 Å². The van der Waals surface area contributed by atoms with E-state index in [2.05, 4.69) is 22.1 Å². The standard InChI is InChI=1S/C20H32N4O/c1-17-8-13-24(14-9-17)20(25)18-6-7-19(22-16-18)21-10-15-23-11-4-2-3-5-12-23/h6-7,16-17H,2-5,8-15H2,1H3,(H,21,22). The van der Waals surface area contributed by atoms with Crippen molar-refractivity contribution in [3.63, 3.8) is 0 Å². The summed E-state index contributed by atoms with van der Waals surface area (Å²) in [6, 6.07) is 3.84. The Morgan fingerprint density at radius 1 is 1.12 bits per heavy atom. The van der Waals surface area contributed by atoms with Crippen LogP contribution in [0.5, 0.6) is 0 Å². The van der Waals surface area contributed by atoms with Crippen LogP contribution in [-0.4, -0.2) is 60.0 Å². The van der Waals surface area contributed by atoms with Crippen LogP contribution >= 0.6 is 0 Å². The van der Waals surface area contributed by atoms with Gasteiger partial charge in [-0.15, -0.1) is 0 Å². The van der Waals surface area contributed by atoms with E-state index < -0.39 is 0 Å². The monoisotopic (exact) mass is 344 g/mol. The molecule has 138 valence electrons. The summed E-state index contributed by atoms with van der Waals surface area (Å²) >= 11 is 0. The third-order valence-corrected chi connectivity index (χ3v) is 5.51. The van der Waals surface area contributed by atoms with Crippen molar-refractivity contribution >= 4 is 11.7 Å². The lowest BCUT2D eigenvalue weighted by Crippen LogP contribution is -2.37. The molecule has 0 unspecified atom stereocenters. The molecule has 2 fully saturated rings. The minimum atomic E-state index is 0.121. The molecule has 0 radical (unpaired) electrons. The molecule has 0 bridgehead atoms. The maximum atomic E-state index is 12.5. The summed E-state index contributed by atoms with van der Waals surface area (Å²) in [6.45, 7) is 8.41. The first-order valence-electron chi connectivity index (χ1n) is 9.94. The Morgan fingerprint density at radius 2 is 1.84 bits per heavy atom. The van der Waals surface area contributed by atoms with Gasteiger partial charge in [0, 0.05) is 32.4 Å². The maximum absolute atomic E-state index is 12.5. The van der Waals surface area contributed by atoms with Crippen LogP contribution < -0.4 is 5.32 Å². The van der Waals surface area contributed by atoms with E-state index in [4.69, 9.17) is 0 Å². The van der Waals surface area contributed by atoms with E-state index in [0.717, 1.165) is 50.8 Å². The van der Waals surface area contributed by atoms with Gasteiger partial charge in [0.1, 0.15) is 5.82 Å². The Bertz CT molecular complexity index is 529. The number of nitrogens with zero attached hydrogens (tertiary/aromatic N) is 3. The fourth-order valence-electron chi connectivity index (χ4n) is 3.72. The number of nitrogens with one attached hydrogen (secondary N) is 1. The van der Waals surface area contributed by atoms with E-state index in [1.54, 1.807) is 6.20 Å². The van der Waals surface area contributed by atoms with E-state index in [1.807, 2.05) is 17.0 Å². The summed E-state index contributed by atoms with van der Waals surface area (Å²) in [7, 11) is 0. The lowest BCUT2D eigenvalue weighted by atomic mass is 9.99. The van der Waals surface area contributed by atoms with Crippen molar-refractivity contribution in [3.05, 3.63) is 23.9 Å². The third kappa shape index (κ3) is 5.43. The Hall–Kier alpha value is -1.62. The average molecular weight is 345 g/mol. The van der Waals surface area contributed by atoms with Crippen LogP contribution in [0.4, 0.5) is 5.82 Å². The molecule has 0 spiro atoms. The van der Waals surface area contributed by atoms with E-state index in [1.165, 1.54) is 38.8 Å². The van der Waals surface area contributed by atoms with E-state index in [-0.39, 0.29) is 5.91 Å². The minimum absolute atomic E-state index is 0.121. The number of anilines is 1. The van der Waals surface area contributed by atoms with Crippen molar-refractivity contribution in [2.24, 2.45) is 5.92 Å². The molecule has 3 heterocycles. The van der Waals surface area contributed by atoms with Crippen molar-refractivity contribution in [3.8, 4) is 0 Å². The lowest BCUT2D eigenvalue weighted by Gasteiger charge is -2.30. The van der Waals surface area contributed by atoms with Crippen molar-refractivity contribution in [1.29, 1.82) is 0 Å². The number of carbonyl (C=O) groups excluding carboxylic acids is 1. The molecule has 1 aromatic rings. The largest absolute Gasteiger partial charge is 0.369 e. The van der Waals surface area contributed by atoms with Crippen molar-refractivity contribution < 1.29 is 4.79 Å². The summed E-state index contributed by atoms with van der Waals surface area (Å²) in [6.07, 6.45) is 9.32. The van der Waals surface area contributed by atoms with Crippen LogP contribution in [0.25, 0.3) is 0 Å². The van der Waals surface area contributed by atoms with Crippen LogP contribution in [0, 0.1) is 5.92 Å².